The second-order valence-electron chi connectivity index (χ2n) is 8.18. The van der Waals surface area contributed by atoms with Gasteiger partial charge < -0.3 is 14.2 Å². The maximum absolute atomic E-state index is 12.8. The number of carbonyl (C=O) groups excluding carboxylic acids is 2. The third-order valence-electron chi connectivity index (χ3n) is 6.30. The number of hydrogen-bond acceptors (Lipinski definition) is 5. The summed E-state index contributed by atoms with van der Waals surface area (Å²) >= 11 is 0. The molecule has 3 heterocycles. The third-order valence-corrected chi connectivity index (χ3v) is 6.30. The van der Waals surface area contributed by atoms with Crippen LogP contribution in [0.1, 0.15) is 15.9 Å². The lowest BCUT2D eigenvalue weighted by atomic mass is 10.1. The van der Waals surface area contributed by atoms with Crippen LogP contribution in [0.2, 0.25) is 0 Å². The largest absolute Gasteiger partial charge is 0.497 e. The Bertz CT molecular complexity index is 1620. The Morgan fingerprint density at radius 2 is 1.70 bits per heavy atom. The Labute approximate surface area is 189 Å². The fourth-order valence-electron chi connectivity index (χ4n) is 4.72. The van der Waals surface area contributed by atoms with E-state index in [1.165, 1.54) is 0 Å². The summed E-state index contributed by atoms with van der Waals surface area (Å²) in [4.78, 5) is 36.7. The Balaban J connectivity index is 1.50. The number of aryl methyl sites for hydroxylation is 1. The van der Waals surface area contributed by atoms with Gasteiger partial charge in [-0.25, -0.2) is 9.97 Å². The van der Waals surface area contributed by atoms with Crippen molar-refractivity contribution in [1.82, 2.24) is 14.5 Å². The molecule has 0 unspecified atom stereocenters. The van der Waals surface area contributed by atoms with Crippen molar-refractivity contribution in [2.75, 3.05) is 18.6 Å². The van der Waals surface area contributed by atoms with Crippen molar-refractivity contribution >= 4 is 50.5 Å². The van der Waals surface area contributed by atoms with E-state index in [1.807, 2.05) is 61.5 Å². The van der Waals surface area contributed by atoms with Gasteiger partial charge in [0.05, 0.1) is 34.9 Å². The molecular weight excluding hydrogens is 416 g/mol. The van der Waals surface area contributed by atoms with E-state index in [2.05, 4.69) is 4.57 Å². The molecule has 5 aromatic rings. The molecule has 6 rings (SSSR count). The van der Waals surface area contributed by atoms with E-state index < -0.39 is 11.7 Å². The number of amides is 1. The number of Topliss-reactive ketones (excluding diaryl/α,β-unsaturated/α-hetero) is 1. The molecule has 7 heteroatoms. The van der Waals surface area contributed by atoms with Crippen molar-refractivity contribution in [3.05, 3.63) is 71.8 Å². The van der Waals surface area contributed by atoms with E-state index in [9.17, 15) is 9.59 Å². The highest BCUT2D eigenvalue weighted by molar-refractivity contribution is 6.52. The predicted octanol–water partition coefficient (Wildman–Crippen LogP) is 4.28. The van der Waals surface area contributed by atoms with Crippen molar-refractivity contribution < 1.29 is 14.3 Å². The van der Waals surface area contributed by atoms with Crippen molar-refractivity contribution in [3.63, 3.8) is 0 Å². The Morgan fingerprint density at radius 3 is 2.48 bits per heavy atom. The first-order valence-corrected chi connectivity index (χ1v) is 10.8. The van der Waals surface area contributed by atoms with Crippen molar-refractivity contribution in [2.45, 2.75) is 13.5 Å². The van der Waals surface area contributed by atoms with E-state index in [4.69, 9.17) is 14.7 Å². The minimum Gasteiger partial charge on any atom is -0.497 e. The van der Waals surface area contributed by atoms with Crippen LogP contribution < -0.4 is 9.64 Å². The van der Waals surface area contributed by atoms with Crippen molar-refractivity contribution in [2.24, 2.45) is 0 Å². The van der Waals surface area contributed by atoms with Gasteiger partial charge in [-0.05, 0) is 48.9 Å². The molecule has 3 aromatic carbocycles. The van der Waals surface area contributed by atoms with Crippen LogP contribution in [-0.2, 0) is 11.3 Å². The van der Waals surface area contributed by atoms with Gasteiger partial charge in [-0.1, -0.05) is 24.3 Å². The number of methoxy groups -OCH3 is 1. The molecule has 1 aliphatic rings. The summed E-state index contributed by atoms with van der Waals surface area (Å²) < 4.78 is 7.51. The normalized spacial score (nSPS) is 13.5. The topological polar surface area (TPSA) is 77.3 Å². The molecule has 0 N–H and O–H groups in total. The minimum atomic E-state index is -0.488. The number of aromatic nitrogens is 3. The van der Waals surface area contributed by atoms with Crippen molar-refractivity contribution in [3.8, 4) is 5.75 Å². The molecule has 1 aliphatic heterocycles. The smallest absolute Gasteiger partial charge is 0.299 e. The van der Waals surface area contributed by atoms with Gasteiger partial charge in [0.2, 0.25) is 0 Å². The van der Waals surface area contributed by atoms with E-state index in [0.717, 1.165) is 44.4 Å². The summed E-state index contributed by atoms with van der Waals surface area (Å²) in [6.45, 7) is 2.73. The number of hydrogen-bond donors (Lipinski definition) is 0. The minimum absolute atomic E-state index is 0.349. The Kier molecular flexibility index (Phi) is 4.20. The molecule has 0 bridgehead atoms. The molecule has 7 nitrogen and oxygen atoms in total. The van der Waals surface area contributed by atoms with Crippen LogP contribution in [0, 0.1) is 6.92 Å². The first-order valence-electron chi connectivity index (χ1n) is 10.8. The Morgan fingerprint density at radius 1 is 0.909 bits per heavy atom. The predicted molar refractivity (Wildman–Crippen MR) is 127 cm³/mol. The average Bonchev–Trinajstić information content (AvgIpc) is 3.27. The third kappa shape index (κ3) is 2.82. The lowest BCUT2D eigenvalue weighted by molar-refractivity contribution is -0.114. The Hall–Kier alpha value is -4.26. The number of ether oxygens (including phenoxy) is 1. The number of nitrogens with zero attached hydrogens (tertiary/aromatic N) is 4. The number of carbonyl (C=O) groups is 2. The summed E-state index contributed by atoms with van der Waals surface area (Å²) in [5.74, 6) is -0.203. The van der Waals surface area contributed by atoms with Crippen LogP contribution in [0.4, 0.5) is 5.69 Å². The number of anilines is 1. The van der Waals surface area contributed by atoms with Gasteiger partial charge in [-0.15, -0.1) is 0 Å². The maximum Gasteiger partial charge on any atom is 0.299 e. The van der Waals surface area contributed by atoms with E-state index in [0.29, 0.717) is 24.3 Å². The second-order valence-corrected chi connectivity index (χ2v) is 8.18. The maximum atomic E-state index is 12.8. The SMILES string of the molecule is COc1ccc2c(c1)c1nc3ccccc3nc1n2CCN1C(=O)C(=O)c2cccc(C)c21. The van der Waals surface area contributed by atoms with Gasteiger partial charge in [0.15, 0.2) is 5.65 Å². The lowest BCUT2D eigenvalue weighted by Gasteiger charge is -2.19. The second kappa shape index (κ2) is 7.13. The summed E-state index contributed by atoms with van der Waals surface area (Å²) in [5.41, 5.74) is 6.16. The molecule has 0 saturated carbocycles. The van der Waals surface area contributed by atoms with Crippen LogP contribution in [0.15, 0.2) is 60.7 Å². The average molecular weight is 436 g/mol. The molecular formula is C26H20N4O3. The first kappa shape index (κ1) is 19.4. The molecule has 162 valence electrons. The van der Waals surface area contributed by atoms with Gasteiger partial charge >= 0.3 is 0 Å². The molecule has 0 saturated heterocycles. The van der Waals surface area contributed by atoms with E-state index >= 15 is 0 Å². The van der Waals surface area contributed by atoms with Gasteiger partial charge in [-0.3, -0.25) is 9.59 Å². The molecule has 0 atom stereocenters. The number of fused-ring (bicyclic) bond motifs is 5. The monoisotopic (exact) mass is 436 g/mol. The number of ketones is 1. The van der Waals surface area contributed by atoms with E-state index in [-0.39, 0.29) is 0 Å². The van der Waals surface area contributed by atoms with Crippen LogP contribution >= 0.6 is 0 Å². The molecule has 0 radical (unpaired) electrons. The highest BCUT2D eigenvalue weighted by atomic mass is 16.5. The molecule has 0 aliphatic carbocycles. The van der Waals surface area contributed by atoms with Crippen LogP contribution in [0.5, 0.6) is 5.75 Å². The zero-order chi connectivity index (χ0) is 22.7. The summed E-state index contributed by atoms with van der Waals surface area (Å²) in [6.07, 6.45) is 0. The number of para-hydroxylation sites is 3. The summed E-state index contributed by atoms with van der Waals surface area (Å²) in [6, 6.07) is 19.1. The van der Waals surface area contributed by atoms with Gasteiger partial charge in [0.25, 0.3) is 11.7 Å². The molecule has 1 amide bonds. The zero-order valence-electron chi connectivity index (χ0n) is 18.2. The van der Waals surface area contributed by atoms with E-state index in [1.54, 1.807) is 18.1 Å². The van der Waals surface area contributed by atoms with Crippen LogP contribution in [0.25, 0.3) is 33.1 Å². The molecule has 33 heavy (non-hydrogen) atoms. The van der Waals surface area contributed by atoms with Crippen LogP contribution in [0.3, 0.4) is 0 Å². The fraction of sp³-hybridized carbons (Fsp3) is 0.154. The van der Waals surface area contributed by atoms with Crippen molar-refractivity contribution in [1.29, 1.82) is 0 Å². The highest BCUT2D eigenvalue weighted by Gasteiger charge is 2.36. The fourth-order valence-corrected chi connectivity index (χ4v) is 4.72. The number of rotatable bonds is 4. The molecule has 0 fully saturated rings. The lowest BCUT2D eigenvalue weighted by Crippen LogP contribution is -2.33. The zero-order valence-corrected chi connectivity index (χ0v) is 18.2. The van der Waals surface area contributed by atoms with Crippen LogP contribution in [-0.4, -0.2) is 39.9 Å². The summed E-state index contributed by atoms with van der Waals surface area (Å²) in [5, 5.41) is 0.933. The molecule has 0 spiro atoms. The standard InChI is InChI=1S/C26H20N4O3/c1-15-6-5-7-17-23(15)30(26(32)24(17)31)13-12-29-21-11-10-16(33-2)14-18(21)22-25(29)28-20-9-4-3-8-19(20)27-22/h3-11,14H,12-13H2,1-2H3. The first-order chi connectivity index (χ1) is 16.1. The van der Waals surface area contributed by atoms with Gasteiger partial charge in [0, 0.05) is 18.5 Å². The van der Waals surface area contributed by atoms with Gasteiger partial charge in [0.1, 0.15) is 11.3 Å². The number of benzene rings is 3. The molecule has 2 aromatic heterocycles. The van der Waals surface area contributed by atoms with Gasteiger partial charge in [-0.2, -0.15) is 0 Å². The summed E-state index contributed by atoms with van der Waals surface area (Å²) in [7, 11) is 1.64. The quantitative estimate of drug-likeness (QED) is 0.393. The highest BCUT2D eigenvalue weighted by Crippen LogP contribution is 2.34.